The van der Waals surface area contributed by atoms with Crippen molar-refractivity contribution in [2.75, 3.05) is 12.4 Å². The maximum absolute atomic E-state index is 13.7. The largest absolute Gasteiger partial charge is 0.465 e. The molecule has 25 heavy (non-hydrogen) atoms. The van der Waals surface area contributed by atoms with Gasteiger partial charge < -0.3 is 10.1 Å². The zero-order valence-corrected chi connectivity index (χ0v) is 14.0. The molecule has 2 aromatic carbocycles. The Morgan fingerprint density at radius 1 is 1.20 bits per heavy atom. The summed E-state index contributed by atoms with van der Waals surface area (Å²) in [4.78, 5) is 11.6. The van der Waals surface area contributed by atoms with Gasteiger partial charge in [-0.2, -0.15) is 24.5 Å². The quantitative estimate of drug-likeness (QED) is 0.352. The first kappa shape index (κ1) is 19.0. The minimum absolute atomic E-state index is 0.203. The predicted molar refractivity (Wildman–Crippen MR) is 91.6 cm³/mol. The van der Waals surface area contributed by atoms with E-state index in [-0.39, 0.29) is 11.3 Å². The molecule has 8 heteroatoms. The minimum atomic E-state index is -4.36. The van der Waals surface area contributed by atoms with E-state index in [0.29, 0.717) is 5.75 Å². The molecule has 0 radical (unpaired) electrons. The molecule has 0 bridgehead atoms. The molecule has 0 aliphatic carbocycles. The fourth-order valence-corrected chi connectivity index (χ4v) is 2.76. The highest BCUT2D eigenvalue weighted by atomic mass is 32.1. The minimum Gasteiger partial charge on any atom is -0.465 e. The number of anilines is 1. The van der Waals surface area contributed by atoms with Crippen molar-refractivity contribution in [3.8, 4) is 0 Å². The molecule has 0 amide bonds. The number of esters is 1. The van der Waals surface area contributed by atoms with Crippen LogP contribution < -0.4 is 5.32 Å². The van der Waals surface area contributed by atoms with E-state index in [0.717, 1.165) is 42.2 Å². The van der Waals surface area contributed by atoms with Crippen LogP contribution in [0.1, 0.15) is 21.5 Å². The molecule has 0 aromatic heterocycles. The van der Waals surface area contributed by atoms with Crippen LogP contribution in [0.4, 0.5) is 23.2 Å². The highest BCUT2D eigenvalue weighted by molar-refractivity contribution is 7.96. The van der Waals surface area contributed by atoms with E-state index in [9.17, 15) is 22.4 Å². The Labute approximate surface area is 145 Å². The molecule has 0 unspecified atom stereocenters. The first-order valence-electron chi connectivity index (χ1n) is 7.10. The standard InChI is InChI=1S/C17H15F4NO2S/c1-24-16(23)15-13(18)3-2-4-14(15)22-10-25-9-11-5-7-12(8-6-11)17(19,20)21/h2-8,10,22,25H,9H2,1H3. The predicted octanol–water partition coefficient (Wildman–Crippen LogP) is 4.47. The van der Waals surface area contributed by atoms with Gasteiger partial charge in [-0.25, -0.2) is 9.18 Å². The number of halogens is 4. The third kappa shape index (κ3) is 5.06. The number of hydrogen-bond donors (Lipinski definition) is 2. The Bertz CT molecular complexity index is 773. The molecule has 0 aliphatic heterocycles. The lowest BCUT2D eigenvalue weighted by Crippen LogP contribution is -2.09. The van der Waals surface area contributed by atoms with Crippen LogP contribution in [0.3, 0.4) is 0 Å². The molecule has 3 nitrogen and oxygen atoms in total. The fraction of sp³-hybridized carbons (Fsp3) is 0.176. The van der Waals surface area contributed by atoms with E-state index in [4.69, 9.17) is 0 Å². The van der Waals surface area contributed by atoms with Crippen LogP contribution in [0.25, 0.3) is 0 Å². The first-order chi connectivity index (χ1) is 11.8. The lowest BCUT2D eigenvalue weighted by atomic mass is 10.1. The van der Waals surface area contributed by atoms with Crippen molar-refractivity contribution < 1.29 is 27.1 Å². The Morgan fingerprint density at radius 3 is 2.48 bits per heavy atom. The number of hydrogen-bond acceptors (Lipinski definition) is 2. The van der Waals surface area contributed by atoms with Crippen molar-refractivity contribution in [1.29, 1.82) is 0 Å². The van der Waals surface area contributed by atoms with Crippen LogP contribution >= 0.6 is 11.4 Å². The average molecular weight is 373 g/mol. The molecule has 2 rings (SSSR count). The fourth-order valence-electron chi connectivity index (χ4n) is 2.02. The van der Waals surface area contributed by atoms with Crippen molar-refractivity contribution >= 4 is 28.5 Å². The molecule has 134 valence electrons. The van der Waals surface area contributed by atoms with Crippen LogP contribution in [-0.2, 0) is 16.7 Å². The average Bonchev–Trinajstić information content (AvgIpc) is 2.58. The molecule has 0 heterocycles. The van der Waals surface area contributed by atoms with Gasteiger partial charge in [0.1, 0.15) is 11.4 Å². The van der Waals surface area contributed by atoms with Gasteiger partial charge in [0, 0.05) is 11.2 Å². The van der Waals surface area contributed by atoms with E-state index >= 15 is 0 Å². The number of carbonyl (C=O) groups excluding carboxylic acids is 1. The summed E-state index contributed by atoms with van der Waals surface area (Å²) < 4.78 is 55.8. The third-order valence-electron chi connectivity index (χ3n) is 3.27. The molecule has 1 N–H and O–H groups in total. The van der Waals surface area contributed by atoms with Crippen molar-refractivity contribution in [2.24, 2.45) is 0 Å². The molecular formula is C17H15F4NO2S. The van der Waals surface area contributed by atoms with Gasteiger partial charge in [-0.1, -0.05) is 18.2 Å². The van der Waals surface area contributed by atoms with Crippen molar-refractivity contribution in [1.82, 2.24) is 0 Å². The first-order valence-corrected chi connectivity index (χ1v) is 8.25. The van der Waals surface area contributed by atoms with E-state index in [1.54, 1.807) is 5.49 Å². The molecular weight excluding hydrogens is 358 g/mol. The second kappa shape index (κ2) is 8.15. The summed E-state index contributed by atoms with van der Waals surface area (Å²) in [5.41, 5.74) is 1.66. The van der Waals surface area contributed by atoms with Gasteiger partial charge in [-0.15, -0.1) is 0 Å². The van der Waals surface area contributed by atoms with Gasteiger partial charge in [-0.3, -0.25) is 0 Å². The molecule has 0 fully saturated rings. The van der Waals surface area contributed by atoms with Crippen molar-refractivity contribution in [2.45, 2.75) is 11.9 Å². The number of carbonyl (C=O) groups is 1. The number of rotatable bonds is 5. The van der Waals surface area contributed by atoms with E-state index < -0.39 is 23.5 Å². The summed E-state index contributed by atoms with van der Waals surface area (Å²) in [6, 6.07) is 9.00. The summed E-state index contributed by atoms with van der Waals surface area (Å²) in [5.74, 6) is -1.04. The monoisotopic (exact) mass is 373 g/mol. The third-order valence-corrected chi connectivity index (χ3v) is 4.13. The molecule has 0 saturated carbocycles. The lowest BCUT2D eigenvalue weighted by Gasteiger charge is -2.08. The summed E-state index contributed by atoms with van der Waals surface area (Å²) in [6.45, 7) is 0. The number of ether oxygens (including phenoxy) is 1. The zero-order chi connectivity index (χ0) is 18.4. The van der Waals surface area contributed by atoms with Gasteiger partial charge in [0.05, 0.1) is 18.4 Å². The van der Waals surface area contributed by atoms with Crippen LogP contribution in [0.15, 0.2) is 42.5 Å². The second-order valence-corrected chi connectivity index (χ2v) is 5.90. The van der Waals surface area contributed by atoms with E-state index in [1.165, 1.54) is 24.3 Å². The van der Waals surface area contributed by atoms with Crippen molar-refractivity contribution in [3.63, 3.8) is 0 Å². The number of alkyl halides is 3. The van der Waals surface area contributed by atoms with E-state index in [1.807, 2.05) is 0 Å². The Kier molecular flexibility index (Phi) is 6.19. The Hall–Kier alpha value is -2.35. The maximum atomic E-state index is 13.7. The highest BCUT2D eigenvalue weighted by Gasteiger charge is 2.29. The topological polar surface area (TPSA) is 38.3 Å². The van der Waals surface area contributed by atoms with E-state index in [2.05, 4.69) is 10.1 Å². The van der Waals surface area contributed by atoms with Gasteiger partial charge in [-0.05, 0) is 29.8 Å². The highest BCUT2D eigenvalue weighted by Crippen LogP contribution is 2.29. The molecule has 2 aromatic rings. The zero-order valence-electron chi connectivity index (χ0n) is 13.1. The Morgan fingerprint density at radius 2 is 1.88 bits per heavy atom. The molecule has 0 aliphatic rings. The van der Waals surface area contributed by atoms with Gasteiger partial charge in [0.25, 0.3) is 0 Å². The van der Waals surface area contributed by atoms with Crippen LogP contribution in [0.5, 0.6) is 0 Å². The van der Waals surface area contributed by atoms with Gasteiger partial charge in [0.15, 0.2) is 0 Å². The summed E-state index contributed by atoms with van der Waals surface area (Å²) in [5, 5.41) is 2.82. The summed E-state index contributed by atoms with van der Waals surface area (Å²) in [6.07, 6.45) is -4.36. The lowest BCUT2D eigenvalue weighted by molar-refractivity contribution is -0.137. The SMILES string of the molecule is COC(=O)c1c(F)cccc1NC=[SH]Cc1ccc(C(F)(F)F)cc1. The number of nitrogens with one attached hydrogen (secondary N) is 1. The van der Waals surface area contributed by atoms with Crippen molar-refractivity contribution in [3.05, 3.63) is 65.0 Å². The van der Waals surface area contributed by atoms with Crippen LogP contribution in [0.2, 0.25) is 0 Å². The summed E-state index contributed by atoms with van der Waals surface area (Å²) >= 11 is 0.735. The summed E-state index contributed by atoms with van der Waals surface area (Å²) in [7, 11) is 1.16. The van der Waals surface area contributed by atoms with Crippen LogP contribution in [-0.4, -0.2) is 18.6 Å². The second-order valence-electron chi connectivity index (χ2n) is 4.96. The Balaban J connectivity index is 2.03. The maximum Gasteiger partial charge on any atom is 0.416 e. The molecule has 0 spiro atoms. The number of benzene rings is 2. The number of thiol groups is 1. The molecule has 0 saturated heterocycles. The van der Waals surface area contributed by atoms with Crippen LogP contribution in [0, 0.1) is 5.82 Å². The van der Waals surface area contributed by atoms with Gasteiger partial charge >= 0.3 is 12.1 Å². The van der Waals surface area contributed by atoms with Gasteiger partial charge in [0.2, 0.25) is 0 Å². The smallest absolute Gasteiger partial charge is 0.416 e. The normalized spacial score (nSPS) is 11.9. The molecule has 0 atom stereocenters. The number of methoxy groups -OCH3 is 1.